The second kappa shape index (κ2) is 6.43. The van der Waals surface area contributed by atoms with Gasteiger partial charge >= 0.3 is 6.18 Å². The molecule has 0 amide bonds. The molecule has 3 fully saturated rings. The molecule has 0 aromatic heterocycles. The van der Waals surface area contributed by atoms with Crippen molar-refractivity contribution in [3.05, 3.63) is 48.1 Å². The number of hydrogen-bond acceptors (Lipinski definition) is 3. The van der Waals surface area contributed by atoms with Crippen molar-refractivity contribution in [2.45, 2.75) is 31.2 Å². The average Bonchev–Trinajstić information content (AvgIpc) is 2.66. The van der Waals surface area contributed by atoms with Crippen LogP contribution in [0, 0.1) is 11.8 Å². The first-order valence-electron chi connectivity index (χ1n) is 9.08. The minimum absolute atomic E-state index is 0.0180. The molecule has 0 spiro atoms. The summed E-state index contributed by atoms with van der Waals surface area (Å²) in [6.45, 7) is 6.21. The van der Waals surface area contributed by atoms with E-state index in [1.807, 2.05) is 12.2 Å². The molecule has 140 valence electrons. The van der Waals surface area contributed by atoms with Crippen LogP contribution in [0.2, 0.25) is 0 Å². The summed E-state index contributed by atoms with van der Waals surface area (Å²) in [5.41, 5.74) is 1.17. The van der Waals surface area contributed by atoms with Crippen molar-refractivity contribution in [1.82, 2.24) is 4.90 Å². The van der Waals surface area contributed by atoms with Crippen molar-refractivity contribution in [2.75, 3.05) is 25.0 Å². The van der Waals surface area contributed by atoms with E-state index >= 15 is 0 Å². The summed E-state index contributed by atoms with van der Waals surface area (Å²) < 4.78 is 38.9. The lowest BCUT2D eigenvalue weighted by atomic mass is 9.73. The molecule has 5 rings (SSSR count). The molecule has 1 aromatic rings. The fraction of sp³-hybridized carbons (Fsp3) is 0.500. The highest BCUT2D eigenvalue weighted by atomic mass is 19.4. The monoisotopic (exact) mass is 364 g/mol. The van der Waals surface area contributed by atoms with Crippen LogP contribution in [0.5, 0.6) is 0 Å². The Morgan fingerprint density at radius 2 is 2.15 bits per heavy atom. The van der Waals surface area contributed by atoms with Crippen LogP contribution in [-0.4, -0.2) is 41.8 Å². The lowest BCUT2D eigenvalue weighted by molar-refractivity contribution is -0.137. The van der Waals surface area contributed by atoms with E-state index in [9.17, 15) is 18.3 Å². The van der Waals surface area contributed by atoms with E-state index in [0.717, 1.165) is 43.6 Å². The van der Waals surface area contributed by atoms with Crippen molar-refractivity contribution < 1.29 is 18.3 Å². The number of alkyl halides is 3. The summed E-state index contributed by atoms with van der Waals surface area (Å²) in [4.78, 5) is 2.31. The molecule has 4 aliphatic rings. The first-order chi connectivity index (χ1) is 12.4. The molecule has 4 heterocycles. The molecule has 1 aromatic carbocycles. The number of anilines is 1. The van der Waals surface area contributed by atoms with Crippen molar-refractivity contribution in [2.24, 2.45) is 11.8 Å². The van der Waals surface area contributed by atoms with Gasteiger partial charge in [0.1, 0.15) is 0 Å². The standard InChI is InChI=1S/C20H23F3N2O/c1-2-12-11-25-8-6-13(12)9-18(25)19(26)16-5-7-24-17-10-14(20(21,22)23)3-4-15(16)17/h2-5,10,12-13,18-19,24,26H,1,6-9,11H2/t12-,13+,18+,19-/m1/s1. The Balaban J connectivity index is 1.60. The largest absolute Gasteiger partial charge is 0.416 e. The molecule has 5 atom stereocenters. The Bertz CT molecular complexity index is 743. The number of hydrogen-bond donors (Lipinski definition) is 2. The lowest BCUT2D eigenvalue weighted by Gasteiger charge is -2.51. The highest BCUT2D eigenvalue weighted by Crippen LogP contribution is 2.42. The van der Waals surface area contributed by atoms with Gasteiger partial charge in [-0.3, -0.25) is 4.90 Å². The van der Waals surface area contributed by atoms with Gasteiger partial charge in [0.05, 0.1) is 11.7 Å². The number of halogens is 3. The van der Waals surface area contributed by atoms with Crippen molar-refractivity contribution in [3.8, 4) is 0 Å². The Labute approximate surface area is 151 Å². The molecule has 2 N–H and O–H groups in total. The third-order valence-electron chi connectivity index (χ3n) is 6.11. The minimum Gasteiger partial charge on any atom is -0.387 e. The van der Waals surface area contributed by atoms with Crippen LogP contribution >= 0.6 is 0 Å². The summed E-state index contributed by atoms with van der Waals surface area (Å²) in [5.74, 6) is 1.00. The maximum absolute atomic E-state index is 13.0. The molecule has 0 saturated carbocycles. The van der Waals surface area contributed by atoms with E-state index in [0.29, 0.717) is 29.6 Å². The Morgan fingerprint density at radius 3 is 2.81 bits per heavy atom. The summed E-state index contributed by atoms with van der Waals surface area (Å²) >= 11 is 0. The van der Waals surface area contributed by atoms with Gasteiger partial charge in [0.15, 0.2) is 0 Å². The van der Waals surface area contributed by atoms with Gasteiger partial charge in [0, 0.05) is 30.4 Å². The maximum atomic E-state index is 13.0. The van der Waals surface area contributed by atoms with E-state index < -0.39 is 17.8 Å². The maximum Gasteiger partial charge on any atom is 0.416 e. The SMILES string of the molecule is C=C[C@@H]1CN2CC[C@H]1C[C@H]2[C@H](O)C1=CCNc2cc(C(F)(F)F)ccc21. The van der Waals surface area contributed by atoms with E-state index in [2.05, 4.69) is 16.8 Å². The van der Waals surface area contributed by atoms with Crippen molar-refractivity contribution >= 4 is 11.3 Å². The quantitative estimate of drug-likeness (QED) is 0.802. The molecular formula is C20H23F3N2O. The number of fused-ring (bicyclic) bond motifs is 4. The van der Waals surface area contributed by atoms with Gasteiger partial charge in [-0.1, -0.05) is 18.2 Å². The highest BCUT2D eigenvalue weighted by Gasteiger charge is 2.43. The molecule has 3 saturated heterocycles. The molecule has 0 radical (unpaired) electrons. The number of aliphatic hydroxyl groups excluding tert-OH is 1. The molecule has 0 aliphatic carbocycles. The number of piperidine rings is 3. The van der Waals surface area contributed by atoms with Gasteiger partial charge in [0.25, 0.3) is 0 Å². The van der Waals surface area contributed by atoms with E-state index in [1.54, 1.807) is 0 Å². The first kappa shape index (κ1) is 17.6. The third kappa shape index (κ3) is 2.95. The second-order valence-corrected chi connectivity index (χ2v) is 7.49. The van der Waals surface area contributed by atoms with Gasteiger partial charge in [-0.2, -0.15) is 13.2 Å². The summed E-state index contributed by atoms with van der Waals surface area (Å²) in [6, 6.07) is 3.72. The zero-order chi connectivity index (χ0) is 18.5. The van der Waals surface area contributed by atoms with Crippen LogP contribution in [0.4, 0.5) is 18.9 Å². The number of aliphatic hydroxyl groups is 1. The van der Waals surface area contributed by atoms with Crippen LogP contribution in [-0.2, 0) is 6.18 Å². The van der Waals surface area contributed by atoms with Crippen LogP contribution in [0.25, 0.3) is 5.57 Å². The van der Waals surface area contributed by atoms with E-state index in [-0.39, 0.29) is 6.04 Å². The van der Waals surface area contributed by atoms with E-state index in [1.165, 1.54) is 6.07 Å². The number of rotatable bonds is 3. The minimum atomic E-state index is -4.37. The van der Waals surface area contributed by atoms with Gasteiger partial charge in [0.2, 0.25) is 0 Å². The smallest absolute Gasteiger partial charge is 0.387 e. The number of nitrogens with zero attached hydrogens (tertiary/aromatic N) is 1. The molecule has 6 heteroatoms. The molecule has 3 nitrogen and oxygen atoms in total. The van der Waals surface area contributed by atoms with Crippen LogP contribution in [0.1, 0.15) is 24.0 Å². The summed E-state index contributed by atoms with van der Waals surface area (Å²) in [7, 11) is 0. The fourth-order valence-corrected chi connectivity index (χ4v) is 4.69. The van der Waals surface area contributed by atoms with Gasteiger partial charge < -0.3 is 10.4 Å². The van der Waals surface area contributed by atoms with Gasteiger partial charge in [-0.15, -0.1) is 6.58 Å². The summed E-state index contributed by atoms with van der Waals surface area (Å²) in [5, 5.41) is 14.1. The van der Waals surface area contributed by atoms with Crippen LogP contribution in [0.3, 0.4) is 0 Å². The zero-order valence-corrected chi connectivity index (χ0v) is 14.5. The molecular weight excluding hydrogens is 341 g/mol. The molecule has 26 heavy (non-hydrogen) atoms. The van der Waals surface area contributed by atoms with Gasteiger partial charge in [-0.25, -0.2) is 0 Å². The Hall–Kier alpha value is -1.79. The lowest BCUT2D eigenvalue weighted by Crippen LogP contribution is -2.57. The predicted octanol–water partition coefficient (Wildman–Crippen LogP) is 3.77. The predicted molar refractivity (Wildman–Crippen MR) is 95.7 cm³/mol. The normalized spacial score (nSPS) is 31.6. The Kier molecular flexibility index (Phi) is 4.35. The van der Waals surface area contributed by atoms with Crippen LogP contribution in [0.15, 0.2) is 36.9 Å². The zero-order valence-electron chi connectivity index (χ0n) is 14.5. The van der Waals surface area contributed by atoms with Crippen molar-refractivity contribution in [1.29, 1.82) is 0 Å². The molecule has 4 aliphatic heterocycles. The van der Waals surface area contributed by atoms with Crippen molar-refractivity contribution in [3.63, 3.8) is 0 Å². The Morgan fingerprint density at radius 1 is 1.35 bits per heavy atom. The molecule has 2 bridgehead atoms. The van der Waals surface area contributed by atoms with Gasteiger partial charge in [-0.05, 0) is 48.9 Å². The topological polar surface area (TPSA) is 35.5 Å². The first-order valence-corrected chi connectivity index (χ1v) is 9.08. The summed E-state index contributed by atoms with van der Waals surface area (Å²) in [6.07, 6.45) is 0.863. The number of nitrogens with one attached hydrogen (secondary N) is 1. The second-order valence-electron chi connectivity index (χ2n) is 7.49. The van der Waals surface area contributed by atoms with Crippen LogP contribution < -0.4 is 5.32 Å². The fourth-order valence-electron chi connectivity index (χ4n) is 4.69. The third-order valence-corrected chi connectivity index (χ3v) is 6.11. The average molecular weight is 364 g/mol. The van der Waals surface area contributed by atoms with E-state index in [4.69, 9.17) is 0 Å². The molecule has 1 unspecified atom stereocenters. The number of benzene rings is 1. The highest BCUT2D eigenvalue weighted by molar-refractivity contribution is 5.82.